The predicted molar refractivity (Wildman–Crippen MR) is 116 cm³/mol. The van der Waals surface area contributed by atoms with Crippen molar-refractivity contribution in [1.82, 2.24) is 24.9 Å². The Balaban J connectivity index is 1.74. The van der Waals surface area contributed by atoms with Crippen molar-refractivity contribution in [2.45, 2.75) is 25.4 Å². The van der Waals surface area contributed by atoms with Crippen molar-refractivity contribution in [1.29, 1.82) is 0 Å². The number of halogens is 1. The fourth-order valence-corrected chi connectivity index (χ4v) is 3.82. The zero-order valence-corrected chi connectivity index (χ0v) is 18.7. The largest absolute Gasteiger partial charge is 0.350 e. The van der Waals surface area contributed by atoms with Crippen LogP contribution < -0.4 is 10.2 Å². The molecule has 1 amide bonds. The smallest absolute Gasteiger partial charge is 0.253 e. The first-order valence-electron chi connectivity index (χ1n) is 9.50. The maximum atomic E-state index is 12.0. The molecule has 0 aliphatic carbocycles. The predicted octanol–water partition coefficient (Wildman–Crippen LogP) is 1.34. The number of fused-ring (bicyclic) bond motifs is 1. The van der Waals surface area contributed by atoms with Crippen LogP contribution in [0.15, 0.2) is 29.4 Å². The molecule has 0 atom stereocenters. The van der Waals surface area contributed by atoms with Crippen LogP contribution in [0.5, 0.6) is 0 Å². The number of quaternary nitrogens is 1. The van der Waals surface area contributed by atoms with Crippen molar-refractivity contribution < 1.29 is 9.69 Å². The second-order valence-electron chi connectivity index (χ2n) is 7.23. The average molecular weight is 434 g/mol. The lowest BCUT2D eigenvalue weighted by molar-refractivity contribution is -0.856. The van der Waals surface area contributed by atoms with Gasteiger partial charge in [0.25, 0.3) is 5.78 Å². The normalized spacial score (nSPS) is 11.4. The first-order valence-corrected chi connectivity index (χ1v) is 10.9. The molecular weight excluding hydrogens is 408 g/mol. The molecule has 0 spiro atoms. The number of benzene rings is 1. The van der Waals surface area contributed by atoms with E-state index in [9.17, 15) is 4.79 Å². The zero-order chi connectivity index (χ0) is 21.0. The van der Waals surface area contributed by atoms with Crippen LogP contribution in [0.3, 0.4) is 0 Å². The summed E-state index contributed by atoms with van der Waals surface area (Å²) < 4.78 is 1.74. The van der Waals surface area contributed by atoms with Crippen LogP contribution in [-0.4, -0.2) is 58.4 Å². The summed E-state index contributed by atoms with van der Waals surface area (Å²) in [5, 5.41) is 8.74. The molecule has 3 aromatic rings. The summed E-state index contributed by atoms with van der Waals surface area (Å²) in [7, 11) is 4.11. The van der Waals surface area contributed by atoms with Gasteiger partial charge in [-0.3, -0.25) is 4.79 Å². The molecule has 2 heterocycles. The lowest BCUT2D eigenvalue weighted by atomic mass is 10.0. The molecule has 0 fully saturated rings. The maximum absolute atomic E-state index is 12.0. The van der Waals surface area contributed by atoms with Gasteiger partial charge in [0.1, 0.15) is 0 Å². The van der Waals surface area contributed by atoms with Crippen LogP contribution in [0.25, 0.3) is 5.78 Å². The van der Waals surface area contributed by atoms with Crippen molar-refractivity contribution in [3.8, 4) is 0 Å². The Labute approximate surface area is 179 Å². The minimum atomic E-state index is -0.0182. The van der Waals surface area contributed by atoms with Gasteiger partial charge >= 0.3 is 0 Å². The van der Waals surface area contributed by atoms with Gasteiger partial charge in [0, 0.05) is 22.8 Å². The Bertz CT molecular complexity index is 1020. The van der Waals surface area contributed by atoms with Crippen LogP contribution in [0.1, 0.15) is 22.5 Å². The van der Waals surface area contributed by atoms with Crippen molar-refractivity contribution in [2.24, 2.45) is 0 Å². The molecule has 7 nitrogen and oxygen atoms in total. The van der Waals surface area contributed by atoms with Gasteiger partial charge in [0.05, 0.1) is 32.9 Å². The van der Waals surface area contributed by atoms with E-state index in [1.165, 1.54) is 16.7 Å². The number of aromatic nitrogens is 4. The molecule has 0 aliphatic heterocycles. The molecule has 0 radical (unpaired) electrons. The van der Waals surface area contributed by atoms with Gasteiger partial charge in [-0.1, -0.05) is 41.6 Å². The summed E-state index contributed by atoms with van der Waals surface area (Å²) in [6.07, 6.45) is 0.679. The molecule has 29 heavy (non-hydrogen) atoms. The van der Waals surface area contributed by atoms with Gasteiger partial charge in [-0.2, -0.15) is 4.98 Å². The lowest BCUT2D eigenvalue weighted by Gasteiger charge is -2.11. The van der Waals surface area contributed by atoms with E-state index in [1.54, 1.807) is 4.52 Å². The number of nitrogens with one attached hydrogen (secondary N) is 2. The first kappa shape index (κ1) is 21.5. The summed E-state index contributed by atoms with van der Waals surface area (Å²) in [5.74, 6) is 0.807. The number of carbonyl (C=O) groups excluding carboxylic acids is 1. The number of hydrogen-bond donors (Lipinski definition) is 2. The molecule has 2 N–H and O–H groups in total. The van der Waals surface area contributed by atoms with Crippen LogP contribution in [-0.2, 0) is 11.2 Å². The van der Waals surface area contributed by atoms with E-state index in [4.69, 9.17) is 11.6 Å². The number of thioether (sulfide) groups is 1. The topological polar surface area (TPSA) is 76.6 Å². The second-order valence-corrected chi connectivity index (χ2v) is 8.58. The Morgan fingerprint density at radius 2 is 2.00 bits per heavy atom. The van der Waals surface area contributed by atoms with E-state index in [0.717, 1.165) is 34.1 Å². The van der Waals surface area contributed by atoms with E-state index in [0.29, 0.717) is 23.9 Å². The standard InChI is InChI=1S/C20H25ClN6OS/c1-13-16(11-15-7-5-6-8-17(15)21)14(2)27-19(23-13)24-20(25-27)29-12-18(28)22-9-10-26(3)4/h5-8H,9-12H2,1-4H3,(H,22,28)/p+1. The summed E-state index contributed by atoms with van der Waals surface area (Å²) in [4.78, 5) is 22.4. The monoisotopic (exact) mass is 433 g/mol. The summed E-state index contributed by atoms with van der Waals surface area (Å²) in [6.45, 7) is 5.53. The highest BCUT2D eigenvalue weighted by Gasteiger charge is 2.16. The van der Waals surface area contributed by atoms with Gasteiger partial charge in [-0.25, -0.2) is 9.50 Å². The van der Waals surface area contributed by atoms with Crippen molar-refractivity contribution in [3.63, 3.8) is 0 Å². The van der Waals surface area contributed by atoms with Gasteiger partial charge in [-0.05, 0) is 31.0 Å². The fourth-order valence-electron chi connectivity index (χ4n) is 2.97. The van der Waals surface area contributed by atoms with E-state index < -0.39 is 0 Å². The molecule has 1 aromatic carbocycles. The van der Waals surface area contributed by atoms with Crippen molar-refractivity contribution in [3.05, 3.63) is 51.8 Å². The van der Waals surface area contributed by atoms with E-state index >= 15 is 0 Å². The highest BCUT2D eigenvalue weighted by molar-refractivity contribution is 7.99. The van der Waals surface area contributed by atoms with Gasteiger partial charge < -0.3 is 10.2 Å². The number of nitrogens with zero attached hydrogens (tertiary/aromatic N) is 4. The van der Waals surface area contributed by atoms with Gasteiger partial charge in [-0.15, -0.1) is 5.10 Å². The Morgan fingerprint density at radius 1 is 1.24 bits per heavy atom. The number of rotatable bonds is 8. The fraction of sp³-hybridized carbons (Fsp3) is 0.400. The molecule has 0 aliphatic rings. The highest BCUT2D eigenvalue weighted by Crippen LogP contribution is 2.23. The molecular formula is C20H26ClN6OS+. The third-order valence-corrected chi connectivity index (χ3v) is 5.84. The third-order valence-electron chi connectivity index (χ3n) is 4.63. The van der Waals surface area contributed by atoms with E-state index in [2.05, 4.69) is 34.5 Å². The van der Waals surface area contributed by atoms with Crippen molar-refractivity contribution in [2.75, 3.05) is 32.9 Å². The molecule has 0 unspecified atom stereocenters. The maximum Gasteiger partial charge on any atom is 0.253 e. The number of amides is 1. The molecule has 3 rings (SSSR count). The Kier molecular flexibility index (Phi) is 7.10. The number of hydrogen-bond acceptors (Lipinski definition) is 5. The Morgan fingerprint density at radius 3 is 2.72 bits per heavy atom. The summed E-state index contributed by atoms with van der Waals surface area (Å²) in [5.41, 5.74) is 4.01. The molecule has 0 bridgehead atoms. The van der Waals surface area contributed by atoms with Gasteiger partial charge in [0.2, 0.25) is 11.1 Å². The minimum absolute atomic E-state index is 0.0182. The number of carbonyl (C=O) groups is 1. The summed E-state index contributed by atoms with van der Waals surface area (Å²) >= 11 is 7.64. The van der Waals surface area contributed by atoms with E-state index in [1.807, 2.05) is 38.1 Å². The van der Waals surface area contributed by atoms with Crippen LogP contribution in [0.2, 0.25) is 5.02 Å². The molecule has 154 valence electrons. The van der Waals surface area contributed by atoms with Gasteiger partial charge in [0.15, 0.2) is 0 Å². The second kappa shape index (κ2) is 9.56. The number of likely N-dealkylation sites (N-methyl/N-ethyl adjacent to an activating group) is 1. The molecule has 9 heteroatoms. The average Bonchev–Trinajstić information content (AvgIpc) is 3.07. The van der Waals surface area contributed by atoms with Crippen LogP contribution in [0.4, 0.5) is 0 Å². The highest BCUT2D eigenvalue weighted by atomic mass is 35.5. The third kappa shape index (κ3) is 5.46. The minimum Gasteiger partial charge on any atom is -0.350 e. The van der Waals surface area contributed by atoms with Crippen molar-refractivity contribution >= 4 is 35.0 Å². The summed E-state index contributed by atoms with van der Waals surface area (Å²) in [6, 6.07) is 7.81. The SMILES string of the molecule is Cc1nc2nc(SCC(=O)NCC[NH+](C)C)nn2c(C)c1Cc1ccccc1Cl. The van der Waals surface area contributed by atoms with Crippen LogP contribution in [0, 0.1) is 13.8 Å². The molecule has 0 saturated carbocycles. The quantitative estimate of drug-likeness (QED) is 0.524. The van der Waals surface area contributed by atoms with E-state index in [-0.39, 0.29) is 11.7 Å². The van der Waals surface area contributed by atoms with Crippen LogP contribution >= 0.6 is 23.4 Å². The number of aryl methyl sites for hydroxylation is 2. The first-order chi connectivity index (χ1) is 13.8. The lowest BCUT2D eigenvalue weighted by Crippen LogP contribution is -3.06. The molecule has 2 aromatic heterocycles. The Hall–Kier alpha value is -2.16. The molecule has 0 saturated heterocycles. The zero-order valence-electron chi connectivity index (χ0n) is 17.1.